The zero-order valence-electron chi connectivity index (χ0n) is 13.0. The lowest BCUT2D eigenvalue weighted by molar-refractivity contribution is -0.119. The molecule has 0 aliphatic rings. The van der Waals surface area contributed by atoms with Crippen LogP contribution >= 0.6 is 0 Å². The van der Waals surface area contributed by atoms with Crippen LogP contribution in [0.3, 0.4) is 0 Å². The molecule has 22 heavy (non-hydrogen) atoms. The van der Waals surface area contributed by atoms with Gasteiger partial charge in [0, 0.05) is 19.0 Å². The summed E-state index contributed by atoms with van der Waals surface area (Å²) in [6.45, 7) is 3.74. The Morgan fingerprint density at radius 2 is 2.09 bits per heavy atom. The molecule has 0 radical (unpaired) electrons. The summed E-state index contributed by atoms with van der Waals surface area (Å²) in [5, 5.41) is 16.8. The molecule has 0 spiro atoms. The Labute approximate surface area is 129 Å². The average Bonchev–Trinajstić information content (AvgIpc) is 2.45. The quantitative estimate of drug-likeness (QED) is 0.760. The average molecular weight is 303 g/mol. The standard InChI is InChI=1S/C16H21N3O3/c1-16(2,21)10-18-15-11-6-4-5-7-12(11)17-8-13(15)19-14(20)9-22-3/h4-8,21H,9-10H2,1-3H3,(H,17,18)(H,19,20). The molecule has 2 rings (SSSR count). The van der Waals surface area contributed by atoms with Gasteiger partial charge in [-0.15, -0.1) is 0 Å². The van der Waals surface area contributed by atoms with Crippen LogP contribution in [0.2, 0.25) is 0 Å². The van der Waals surface area contributed by atoms with Crippen LogP contribution in [0.1, 0.15) is 13.8 Å². The number of hydrogen-bond acceptors (Lipinski definition) is 5. The Balaban J connectivity index is 2.39. The van der Waals surface area contributed by atoms with Crippen molar-refractivity contribution >= 4 is 28.2 Å². The number of pyridine rings is 1. The Morgan fingerprint density at radius 1 is 1.36 bits per heavy atom. The number of amides is 1. The van der Waals surface area contributed by atoms with Crippen LogP contribution in [0, 0.1) is 0 Å². The van der Waals surface area contributed by atoms with Crippen LogP contribution in [0.25, 0.3) is 10.9 Å². The second-order valence-corrected chi connectivity index (χ2v) is 5.71. The molecular formula is C16H21N3O3. The summed E-state index contributed by atoms with van der Waals surface area (Å²) >= 11 is 0. The summed E-state index contributed by atoms with van der Waals surface area (Å²) in [5.74, 6) is -0.258. The van der Waals surface area contributed by atoms with Crippen LogP contribution in [0.4, 0.5) is 11.4 Å². The van der Waals surface area contributed by atoms with Crippen molar-refractivity contribution in [3.05, 3.63) is 30.5 Å². The molecule has 0 saturated heterocycles. The number of aromatic nitrogens is 1. The predicted molar refractivity (Wildman–Crippen MR) is 87.0 cm³/mol. The molecule has 3 N–H and O–H groups in total. The van der Waals surface area contributed by atoms with Gasteiger partial charge in [0.2, 0.25) is 5.91 Å². The molecule has 1 aromatic heterocycles. The number of fused-ring (bicyclic) bond motifs is 1. The number of rotatable bonds is 6. The number of ether oxygens (including phenoxy) is 1. The molecule has 0 saturated carbocycles. The Hall–Kier alpha value is -2.18. The van der Waals surface area contributed by atoms with Gasteiger partial charge in [0.25, 0.3) is 0 Å². The van der Waals surface area contributed by atoms with Gasteiger partial charge in [0.05, 0.1) is 28.7 Å². The highest BCUT2D eigenvalue weighted by Gasteiger charge is 2.16. The third kappa shape index (κ3) is 4.16. The maximum Gasteiger partial charge on any atom is 0.250 e. The summed E-state index contributed by atoms with van der Waals surface area (Å²) in [6, 6.07) is 7.62. The highest BCUT2D eigenvalue weighted by atomic mass is 16.5. The van der Waals surface area contributed by atoms with Crippen LogP contribution in [-0.2, 0) is 9.53 Å². The van der Waals surface area contributed by atoms with Crippen molar-refractivity contribution in [3.63, 3.8) is 0 Å². The van der Waals surface area contributed by atoms with Crippen LogP contribution < -0.4 is 10.6 Å². The number of hydrogen-bond donors (Lipinski definition) is 3. The van der Waals surface area contributed by atoms with Gasteiger partial charge in [-0.05, 0) is 19.9 Å². The zero-order valence-corrected chi connectivity index (χ0v) is 13.0. The molecule has 0 unspecified atom stereocenters. The van der Waals surface area contributed by atoms with Gasteiger partial charge in [0.15, 0.2) is 0 Å². The maximum atomic E-state index is 11.8. The lowest BCUT2D eigenvalue weighted by Crippen LogP contribution is -2.30. The fourth-order valence-electron chi connectivity index (χ4n) is 2.05. The second-order valence-electron chi connectivity index (χ2n) is 5.71. The number of carbonyl (C=O) groups excluding carboxylic acids is 1. The van der Waals surface area contributed by atoms with E-state index in [-0.39, 0.29) is 12.5 Å². The van der Waals surface area contributed by atoms with Gasteiger partial charge in [0.1, 0.15) is 6.61 Å². The first-order valence-electron chi connectivity index (χ1n) is 7.03. The van der Waals surface area contributed by atoms with Crippen molar-refractivity contribution in [2.75, 3.05) is 30.9 Å². The van der Waals surface area contributed by atoms with Gasteiger partial charge in [-0.2, -0.15) is 0 Å². The van der Waals surface area contributed by atoms with Crippen molar-refractivity contribution in [1.29, 1.82) is 0 Å². The van der Waals surface area contributed by atoms with Crippen LogP contribution in [0.5, 0.6) is 0 Å². The molecule has 6 heteroatoms. The van der Waals surface area contributed by atoms with E-state index in [9.17, 15) is 9.90 Å². The first-order valence-corrected chi connectivity index (χ1v) is 7.03. The lowest BCUT2D eigenvalue weighted by Gasteiger charge is -2.21. The van der Waals surface area contributed by atoms with E-state index in [1.54, 1.807) is 20.0 Å². The van der Waals surface area contributed by atoms with Crippen molar-refractivity contribution in [3.8, 4) is 0 Å². The van der Waals surface area contributed by atoms with Gasteiger partial charge in [-0.25, -0.2) is 0 Å². The van der Waals surface area contributed by atoms with E-state index in [4.69, 9.17) is 4.74 Å². The van der Waals surface area contributed by atoms with E-state index >= 15 is 0 Å². The molecule has 0 fully saturated rings. The van der Waals surface area contributed by atoms with Crippen molar-refractivity contribution < 1.29 is 14.6 Å². The number of methoxy groups -OCH3 is 1. The van der Waals surface area contributed by atoms with E-state index in [1.807, 2.05) is 24.3 Å². The van der Waals surface area contributed by atoms with E-state index in [1.165, 1.54) is 7.11 Å². The Kier molecular flexibility index (Phi) is 4.95. The molecule has 6 nitrogen and oxygen atoms in total. The number of carbonyl (C=O) groups is 1. The SMILES string of the molecule is COCC(=O)Nc1cnc2ccccc2c1NCC(C)(C)O. The fraction of sp³-hybridized carbons (Fsp3) is 0.375. The van der Waals surface area contributed by atoms with Crippen LogP contribution in [0.15, 0.2) is 30.5 Å². The molecule has 118 valence electrons. The minimum Gasteiger partial charge on any atom is -0.389 e. The number of aliphatic hydroxyl groups is 1. The number of nitrogens with one attached hydrogen (secondary N) is 2. The Morgan fingerprint density at radius 3 is 2.77 bits per heavy atom. The van der Waals surface area contributed by atoms with Crippen molar-refractivity contribution in [1.82, 2.24) is 4.98 Å². The predicted octanol–water partition coefficient (Wildman–Crippen LogP) is 2.00. The largest absolute Gasteiger partial charge is 0.389 e. The first kappa shape index (κ1) is 16.2. The highest BCUT2D eigenvalue weighted by molar-refractivity contribution is 6.03. The van der Waals surface area contributed by atoms with Gasteiger partial charge in [-0.3, -0.25) is 9.78 Å². The minimum absolute atomic E-state index is 0.0300. The smallest absolute Gasteiger partial charge is 0.250 e. The molecule has 0 bridgehead atoms. The summed E-state index contributed by atoms with van der Waals surface area (Å²) in [6.07, 6.45) is 1.60. The fourth-order valence-corrected chi connectivity index (χ4v) is 2.05. The molecule has 0 atom stereocenters. The minimum atomic E-state index is -0.877. The third-order valence-corrected chi connectivity index (χ3v) is 3.02. The number of nitrogens with zero attached hydrogens (tertiary/aromatic N) is 1. The lowest BCUT2D eigenvalue weighted by atomic mass is 10.1. The van der Waals surface area contributed by atoms with E-state index < -0.39 is 5.60 Å². The van der Waals surface area contributed by atoms with Crippen molar-refractivity contribution in [2.45, 2.75) is 19.4 Å². The molecule has 1 heterocycles. The summed E-state index contributed by atoms with van der Waals surface area (Å²) in [7, 11) is 1.46. The Bertz CT molecular complexity index is 665. The molecule has 1 aromatic carbocycles. The summed E-state index contributed by atoms with van der Waals surface area (Å²) < 4.78 is 4.82. The van der Waals surface area contributed by atoms with E-state index in [2.05, 4.69) is 15.6 Å². The second kappa shape index (κ2) is 6.72. The van der Waals surface area contributed by atoms with Crippen LogP contribution in [-0.4, -0.2) is 41.9 Å². The summed E-state index contributed by atoms with van der Waals surface area (Å²) in [5.41, 5.74) is 1.23. The number of anilines is 2. The maximum absolute atomic E-state index is 11.8. The third-order valence-electron chi connectivity index (χ3n) is 3.02. The number of benzene rings is 1. The van der Waals surface area contributed by atoms with E-state index in [0.717, 1.165) is 16.6 Å². The first-order chi connectivity index (χ1) is 10.4. The monoisotopic (exact) mass is 303 g/mol. The summed E-state index contributed by atoms with van der Waals surface area (Å²) in [4.78, 5) is 16.1. The topological polar surface area (TPSA) is 83.5 Å². The molecule has 1 amide bonds. The van der Waals surface area contributed by atoms with Gasteiger partial charge in [-0.1, -0.05) is 18.2 Å². The highest BCUT2D eigenvalue weighted by Crippen LogP contribution is 2.30. The van der Waals surface area contributed by atoms with E-state index in [0.29, 0.717) is 12.2 Å². The molecule has 0 aliphatic carbocycles. The van der Waals surface area contributed by atoms with Gasteiger partial charge >= 0.3 is 0 Å². The normalized spacial score (nSPS) is 11.5. The molecular weight excluding hydrogens is 282 g/mol. The molecule has 2 aromatic rings. The number of para-hydroxylation sites is 1. The van der Waals surface area contributed by atoms with Gasteiger partial charge < -0.3 is 20.5 Å². The zero-order chi connectivity index (χ0) is 16.2. The molecule has 0 aliphatic heterocycles. The van der Waals surface area contributed by atoms with Crippen molar-refractivity contribution in [2.24, 2.45) is 0 Å².